The molecule has 0 saturated carbocycles. The molecule has 0 aliphatic heterocycles. The Kier molecular flexibility index (Phi) is 10.1. The van der Waals surface area contributed by atoms with E-state index in [4.69, 9.17) is 14.2 Å². The zero-order valence-corrected chi connectivity index (χ0v) is 20.9. The van der Waals surface area contributed by atoms with E-state index in [1.165, 1.54) is 32.4 Å². The predicted octanol–water partition coefficient (Wildman–Crippen LogP) is 5.59. The maximum absolute atomic E-state index is 13.2. The van der Waals surface area contributed by atoms with Gasteiger partial charge in [-0.15, -0.1) is 0 Å². The molecule has 0 aliphatic carbocycles. The van der Waals surface area contributed by atoms with Crippen molar-refractivity contribution in [1.82, 2.24) is 10.4 Å². The van der Waals surface area contributed by atoms with Crippen LogP contribution in [-0.4, -0.2) is 37.0 Å². The van der Waals surface area contributed by atoms with E-state index in [0.29, 0.717) is 41.5 Å². The topological polar surface area (TPSA) is 98.8 Å². The zero-order chi connectivity index (χ0) is 27.5. The van der Waals surface area contributed by atoms with Gasteiger partial charge in [0.2, 0.25) is 5.91 Å². The van der Waals surface area contributed by atoms with Gasteiger partial charge in [0.1, 0.15) is 29.5 Å². The molecule has 11 heteroatoms. The number of Topliss-reactive ketones (excluding diaryl/α,β-unsaturated/α-hetero) is 1. The first-order chi connectivity index (χ1) is 18.2. The normalized spacial score (nSPS) is 11.1. The van der Waals surface area contributed by atoms with Gasteiger partial charge < -0.3 is 14.2 Å². The second-order valence-electron chi connectivity index (χ2n) is 8.25. The summed E-state index contributed by atoms with van der Waals surface area (Å²) in [7, 11) is 1.50. The lowest BCUT2D eigenvalue weighted by molar-refractivity contribution is -0.137. The number of aromatic nitrogens is 1. The molecule has 202 valence electrons. The summed E-state index contributed by atoms with van der Waals surface area (Å²) in [6.45, 7) is 1.90. The number of hydrazine groups is 1. The van der Waals surface area contributed by atoms with Gasteiger partial charge in [0, 0.05) is 38.8 Å². The Morgan fingerprint density at radius 2 is 1.79 bits per heavy atom. The Labute approximate surface area is 218 Å². The summed E-state index contributed by atoms with van der Waals surface area (Å²) in [5.41, 5.74) is 5.77. The van der Waals surface area contributed by atoms with Crippen molar-refractivity contribution in [3.05, 3.63) is 77.6 Å². The number of benzene rings is 2. The molecule has 2 aromatic carbocycles. The standard InChI is InChI=1S/C27H28F3N3O5/c1-18(34)24-17-23(11-12-31-24)38-22-7-4-6-21(16-22)32-33-26(35)8-3-5-19-15-20(27(28,29)30)9-10-25(19)37-14-13-36-2/h4,6-7,9-12,15-17,32H,3,5,8,13-14H2,1-2H3,(H,33,35). The number of aryl methyl sites for hydroxylation is 1. The predicted molar refractivity (Wildman–Crippen MR) is 134 cm³/mol. The van der Waals surface area contributed by atoms with E-state index in [1.54, 1.807) is 30.3 Å². The summed E-state index contributed by atoms with van der Waals surface area (Å²) in [6.07, 6.45) is -2.41. The molecule has 2 N–H and O–H groups in total. The van der Waals surface area contributed by atoms with Gasteiger partial charge in [-0.3, -0.25) is 25.4 Å². The SMILES string of the molecule is COCCOc1ccc(C(F)(F)F)cc1CCCC(=O)NNc1cccc(Oc2ccnc(C(C)=O)c2)c1. The van der Waals surface area contributed by atoms with Crippen LogP contribution in [0.2, 0.25) is 0 Å². The third kappa shape index (κ3) is 8.77. The quantitative estimate of drug-likeness (QED) is 0.169. The lowest BCUT2D eigenvalue weighted by Gasteiger charge is -2.15. The van der Waals surface area contributed by atoms with Crippen molar-refractivity contribution in [2.24, 2.45) is 0 Å². The summed E-state index contributed by atoms with van der Waals surface area (Å²) in [5.74, 6) is 0.707. The highest BCUT2D eigenvalue weighted by Gasteiger charge is 2.31. The highest BCUT2D eigenvalue weighted by Crippen LogP contribution is 2.33. The lowest BCUT2D eigenvalue weighted by atomic mass is 10.0. The van der Waals surface area contributed by atoms with E-state index in [-0.39, 0.29) is 36.8 Å². The molecule has 1 heterocycles. The monoisotopic (exact) mass is 531 g/mol. The number of nitrogens with zero attached hydrogens (tertiary/aromatic N) is 1. The van der Waals surface area contributed by atoms with Crippen LogP contribution in [0.25, 0.3) is 0 Å². The maximum atomic E-state index is 13.2. The summed E-state index contributed by atoms with van der Waals surface area (Å²) >= 11 is 0. The highest BCUT2D eigenvalue weighted by molar-refractivity contribution is 5.92. The minimum Gasteiger partial charge on any atom is -0.491 e. The van der Waals surface area contributed by atoms with Gasteiger partial charge in [0.25, 0.3) is 0 Å². The van der Waals surface area contributed by atoms with Gasteiger partial charge in [-0.25, -0.2) is 0 Å². The Bertz CT molecular complexity index is 1250. The number of ketones is 1. The third-order valence-corrected chi connectivity index (χ3v) is 5.29. The smallest absolute Gasteiger partial charge is 0.416 e. The molecule has 3 aromatic rings. The van der Waals surface area contributed by atoms with Crippen LogP contribution in [0.1, 0.15) is 41.4 Å². The fourth-order valence-corrected chi connectivity index (χ4v) is 3.41. The maximum Gasteiger partial charge on any atom is 0.416 e. The molecule has 0 fully saturated rings. The molecular weight excluding hydrogens is 503 g/mol. The Morgan fingerprint density at radius 1 is 1.00 bits per heavy atom. The van der Waals surface area contributed by atoms with Gasteiger partial charge in [-0.2, -0.15) is 13.2 Å². The van der Waals surface area contributed by atoms with Gasteiger partial charge in [-0.1, -0.05) is 6.07 Å². The molecule has 38 heavy (non-hydrogen) atoms. The first kappa shape index (κ1) is 28.5. The number of anilines is 1. The Balaban J connectivity index is 1.53. The lowest BCUT2D eigenvalue weighted by Crippen LogP contribution is -2.29. The van der Waals surface area contributed by atoms with E-state index in [1.807, 2.05) is 0 Å². The van der Waals surface area contributed by atoms with Crippen LogP contribution in [-0.2, 0) is 22.1 Å². The average molecular weight is 532 g/mol. The van der Waals surface area contributed by atoms with Crippen LogP contribution < -0.4 is 20.3 Å². The Hall–Kier alpha value is -4.12. The molecule has 8 nitrogen and oxygen atoms in total. The summed E-state index contributed by atoms with van der Waals surface area (Å²) in [4.78, 5) is 27.8. The van der Waals surface area contributed by atoms with E-state index in [0.717, 1.165) is 12.1 Å². The number of nitrogens with one attached hydrogen (secondary N) is 2. The van der Waals surface area contributed by atoms with Crippen LogP contribution in [0.4, 0.5) is 18.9 Å². The van der Waals surface area contributed by atoms with Crippen LogP contribution in [0.15, 0.2) is 60.8 Å². The molecule has 0 spiro atoms. The van der Waals surface area contributed by atoms with Gasteiger partial charge in [-0.05, 0) is 54.8 Å². The summed E-state index contributed by atoms with van der Waals surface area (Å²) < 4.78 is 55.7. The molecule has 3 rings (SSSR count). The van der Waals surface area contributed by atoms with Crippen molar-refractivity contribution in [2.75, 3.05) is 25.7 Å². The molecule has 0 unspecified atom stereocenters. The second-order valence-corrected chi connectivity index (χ2v) is 8.25. The molecule has 0 atom stereocenters. The average Bonchev–Trinajstić information content (AvgIpc) is 2.88. The Morgan fingerprint density at radius 3 is 2.53 bits per heavy atom. The number of pyridine rings is 1. The molecule has 1 aromatic heterocycles. The number of amides is 1. The van der Waals surface area contributed by atoms with E-state index >= 15 is 0 Å². The molecule has 0 bridgehead atoms. The van der Waals surface area contributed by atoms with Gasteiger partial charge >= 0.3 is 6.18 Å². The van der Waals surface area contributed by atoms with Gasteiger partial charge in [0.15, 0.2) is 5.78 Å². The zero-order valence-electron chi connectivity index (χ0n) is 20.9. The number of ether oxygens (including phenoxy) is 3. The first-order valence-corrected chi connectivity index (χ1v) is 11.8. The van der Waals surface area contributed by atoms with Crippen LogP contribution in [0.5, 0.6) is 17.2 Å². The summed E-state index contributed by atoms with van der Waals surface area (Å²) in [6, 6.07) is 13.3. The largest absolute Gasteiger partial charge is 0.491 e. The number of hydrogen-bond donors (Lipinski definition) is 2. The van der Waals surface area contributed by atoms with Crippen molar-refractivity contribution in [1.29, 1.82) is 0 Å². The molecular formula is C27H28F3N3O5. The minimum atomic E-state index is -4.48. The van der Waals surface area contributed by atoms with Crippen molar-refractivity contribution in [3.63, 3.8) is 0 Å². The van der Waals surface area contributed by atoms with Crippen molar-refractivity contribution < 1.29 is 37.0 Å². The van der Waals surface area contributed by atoms with E-state index in [9.17, 15) is 22.8 Å². The van der Waals surface area contributed by atoms with Crippen LogP contribution in [0.3, 0.4) is 0 Å². The fraction of sp³-hybridized carbons (Fsp3) is 0.296. The summed E-state index contributed by atoms with van der Waals surface area (Å²) in [5, 5.41) is 0. The van der Waals surface area contributed by atoms with Crippen molar-refractivity contribution in [2.45, 2.75) is 32.4 Å². The molecule has 0 radical (unpaired) electrons. The third-order valence-electron chi connectivity index (χ3n) is 5.29. The van der Waals surface area contributed by atoms with E-state index < -0.39 is 11.7 Å². The highest BCUT2D eigenvalue weighted by atomic mass is 19.4. The van der Waals surface area contributed by atoms with Crippen LogP contribution in [0, 0.1) is 0 Å². The van der Waals surface area contributed by atoms with Crippen LogP contribution >= 0.6 is 0 Å². The second kappa shape index (κ2) is 13.4. The van der Waals surface area contributed by atoms with Crippen molar-refractivity contribution in [3.8, 4) is 17.2 Å². The molecule has 0 saturated heterocycles. The number of carbonyl (C=O) groups is 2. The number of hydrogen-bond acceptors (Lipinski definition) is 7. The number of rotatable bonds is 13. The minimum absolute atomic E-state index is 0.0712. The fourth-order valence-electron chi connectivity index (χ4n) is 3.41. The van der Waals surface area contributed by atoms with Gasteiger partial charge in [0.05, 0.1) is 17.9 Å². The van der Waals surface area contributed by atoms with E-state index in [2.05, 4.69) is 15.8 Å². The number of halogens is 3. The molecule has 1 amide bonds. The number of carbonyl (C=O) groups excluding carboxylic acids is 2. The number of methoxy groups -OCH3 is 1. The molecule has 0 aliphatic rings. The first-order valence-electron chi connectivity index (χ1n) is 11.8. The number of alkyl halides is 3. The van der Waals surface area contributed by atoms with Crippen molar-refractivity contribution >= 4 is 17.4 Å².